The van der Waals surface area contributed by atoms with Gasteiger partial charge >= 0.3 is 5.69 Å². The molecule has 3 N–H and O–H groups in total. The molecule has 1 atom stereocenters. The number of carbonyl (C=O) groups is 2. The van der Waals surface area contributed by atoms with Gasteiger partial charge in [0.2, 0.25) is 11.8 Å². The van der Waals surface area contributed by atoms with Gasteiger partial charge in [-0.25, -0.2) is 14.3 Å². The average Bonchev–Trinajstić information content (AvgIpc) is 3.37. The van der Waals surface area contributed by atoms with Gasteiger partial charge in [0.25, 0.3) is 0 Å². The topological polar surface area (TPSA) is 129 Å². The molecule has 0 saturated carbocycles. The summed E-state index contributed by atoms with van der Waals surface area (Å²) in [5.41, 5.74) is 2.89. The van der Waals surface area contributed by atoms with Crippen LogP contribution in [-0.4, -0.2) is 51.6 Å². The highest BCUT2D eigenvalue weighted by molar-refractivity contribution is 5.80. The first-order valence-corrected chi connectivity index (χ1v) is 13.4. The highest BCUT2D eigenvalue weighted by atomic mass is 19.1. The van der Waals surface area contributed by atoms with E-state index in [1.54, 1.807) is 23.1 Å². The third kappa shape index (κ3) is 5.84. The summed E-state index contributed by atoms with van der Waals surface area (Å²) in [5.74, 6) is 0.499. The summed E-state index contributed by atoms with van der Waals surface area (Å²) in [5, 5.41) is 9.06. The van der Waals surface area contributed by atoms with E-state index in [-0.39, 0.29) is 36.2 Å². The Morgan fingerprint density at radius 1 is 1.07 bits per heavy atom. The fraction of sp³-hybridized carbons (Fsp3) is 0.267. The molecule has 0 fully saturated rings. The zero-order valence-corrected chi connectivity index (χ0v) is 22.1. The number of ether oxygens (including phenoxy) is 2. The van der Waals surface area contributed by atoms with Gasteiger partial charge in [-0.2, -0.15) is 5.10 Å². The average molecular weight is 558 g/mol. The van der Waals surface area contributed by atoms with Crippen molar-refractivity contribution in [1.29, 1.82) is 0 Å². The molecule has 0 aliphatic carbocycles. The fourth-order valence-corrected chi connectivity index (χ4v) is 5.30. The number of hydrogen-bond donors (Lipinski definition) is 3. The number of benzene rings is 3. The van der Waals surface area contributed by atoms with Crippen molar-refractivity contribution in [1.82, 2.24) is 25.4 Å². The predicted molar refractivity (Wildman–Crippen MR) is 146 cm³/mol. The number of rotatable bonds is 2. The van der Waals surface area contributed by atoms with Crippen molar-refractivity contribution < 1.29 is 23.5 Å². The Morgan fingerprint density at radius 2 is 1.98 bits per heavy atom. The molecule has 0 saturated heterocycles. The van der Waals surface area contributed by atoms with E-state index in [1.165, 1.54) is 6.07 Å². The quantitative estimate of drug-likeness (QED) is 0.347. The summed E-state index contributed by atoms with van der Waals surface area (Å²) < 4.78 is 26.6. The number of nitrogens with one attached hydrogen (secondary N) is 3. The Bertz CT molecular complexity index is 1660. The highest BCUT2D eigenvalue weighted by Crippen LogP contribution is 2.39. The molecule has 4 heterocycles. The Kier molecular flexibility index (Phi) is 7.24. The van der Waals surface area contributed by atoms with E-state index in [0.717, 1.165) is 16.7 Å². The first-order chi connectivity index (χ1) is 19.9. The van der Waals surface area contributed by atoms with Gasteiger partial charge in [0.05, 0.1) is 25.5 Å². The van der Waals surface area contributed by atoms with Crippen LogP contribution in [0.15, 0.2) is 65.5 Å². The van der Waals surface area contributed by atoms with Gasteiger partial charge in [-0.05, 0) is 71.5 Å². The molecule has 210 valence electrons. The van der Waals surface area contributed by atoms with Gasteiger partial charge in [0, 0.05) is 13.1 Å². The van der Waals surface area contributed by atoms with Gasteiger partial charge in [0.1, 0.15) is 17.3 Å². The SMILES string of the molecule is O=C1Cc2ccc(F)c(c2)Oc2ccc3c(c2)CCN(C(=O)Cc2n[nH]c(=O)[nH]2)C3c2cccc(c2)OCCCN1. The van der Waals surface area contributed by atoms with E-state index in [2.05, 4.69) is 20.5 Å². The van der Waals surface area contributed by atoms with Crippen molar-refractivity contribution >= 4 is 11.8 Å². The monoisotopic (exact) mass is 557 g/mol. The molecule has 11 heteroatoms. The first-order valence-electron chi connectivity index (χ1n) is 13.4. The molecule has 1 aromatic heterocycles. The van der Waals surface area contributed by atoms with Crippen LogP contribution in [0.4, 0.5) is 4.39 Å². The summed E-state index contributed by atoms with van der Waals surface area (Å²) in [6, 6.07) is 17.1. The molecular weight excluding hydrogens is 529 g/mol. The van der Waals surface area contributed by atoms with Crippen LogP contribution in [0.5, 0.6) is 17.2 Å². The van der Waals surface area contributed by atoms with E-state index in [1.807, 2.05) is 36.4 Å². The first kappa shape index (κ1) is 26.3. The Labute approximate surface area is 234 Å². The minimum absolute atomic E-state index is 0.0337. The van der Waals surface area contributed by atoms with Crippen molar-refractivity contribution in [2.24, 2.45) is 0 Å². The van der Waals surface area contributed by atoms with Crippen molar-refractivity contribution in [2.45, 2.75) is 31.7 Å². The molecule has 3 aliphatic rings. The summed E-state index contributed by atoms with van der Waals surface area (Å²) in [4.78, 5) is 41.8. The van der Waals surface area contributed by atoms with Gasteiger partial charge in [-0.3, -0.25) is 14.6 Å². The lowest BCUT2D eigenvalue weighted by Gasteiger charge is -2.38. The van der Waals surface area contributed by atoms with E-state index >= 15 is 0 Å². The van der Waals surface area contributed by atoms with Crippen LogP contribution in [0.1, 0.15) is 40.5 Å². The highest BCUT2D eigenvalue weighted by Gasteiger charge is 2.33. The van der Waals surface area contributed by atoms with Gasteiger partial charge in [0.15, 0.2) is 11.6 Å². The molecular formula is C30H28FN5O5. The summed E-state index contributed by atoms with van der Waals surface area (Å²) >= 11 is 0. The van der Waals surface area contributed by atoms with Crippen LogP contribution in [-0.2, 0) is 28.9 Å². The lowest BCUT2D eigenvalue weighted by atomic mass is 9.87. The second kappa shape index (κ2) is 11.3. The summed E-state index contributed by atoms with van der Waals surface area (Å²) in [6.45, 7) is 1.23. The second-order valence-corrected chi connectivity index (χ2v) is 10.1. The molecule has 0 spiro atoms. The van der Waals surface area contributed by atoms with Gasteiger partial charge in [-0.15, -0.1) is 0 Å². The molecule has 8 bridgehead atoms. The summed E-state index contributed by atoms with van der Waals surface area (Å²) in [6.07, 6.45) is 1.17. The van der Waals surface area contributed by atoms with Crippen LogP contribution in [0.2, 0.25) is 0 Å². The maximum absolute atomic E-state index is 14.7. The normalized spacial score (nSPS) is 17.0. The van der Waals surface area contributed by atoms with Crippen LogP contribution in [0.25, 0.3) is 0 Å². The number of nitrogens with zero attached hydrogens (tertiary/aromatic N) is 2. The lowest BCUT2D eigenvalue weighted by Crippen LogP contribution is -2.41. The number of fused-ring (bicyclic) bond motifs is 7. The largest absolute Gasteiger partial charge is 0.494 e. The molecule has 2 amide bonds. The number of amides is 2. The molecule has 0 radical (unpaired) electrons. The minimum atomic E-state index is -0.530. The second-order valence-electron chi connectivity index (χ2n) is 10.1. The zero-order valence-electron chi connectivity index (χ0n) is 22.1. The smallest absolute Gasteiger partial charge is 0.340 e. The third-order valence-corrected chi connectivity index (χ3v) is 7.21. The number of aromatic nitrogens is 3. The molecule has 4 aromatic rings. The molecule has 1 unspecified atom stereocenters. The van der Waals surface area contributed by atoms with E-state index in [4.69, 9.17) is 9.47 Å². The van der Waals surface area contributed by atoms with Crippen molar-refractivity contribution in [3.63, 3.8) is 0 Å². The minimum Gasteiger partial charge on any atom is -0.494 e. The fourth-order valence-electron chi connectivity index (χ4n) is 5.30. The number of hydrogen-bond acceptors (Lipinski definition) is 6. The van der Waals surface area contributed by atoms with Crippen molar-refractivity contribution in [3.05, 3.63) is 105 Å². The molecule has 41 heavy (non-hydrogen) atoms. The number of halogens is 1. The maximum Gasteiger partial charge on any atom is 0.340 e. The number of aromatic amines is 2. The Hall–Kier alpha value is -4.93. The lowest BCUT2D eigenvalue weighted by molar-refractivity contribution is -0.132. The maximum atomic E-state index is 14.7. The Morgan fingerprint density at radius 3 is 2.83 bits per heavy atom. The van der Waals surface area contributed by atoms with E-state index in [9.17, 15) is 18.8 Å². The third-order valence-electron chi connectivity index (χ3n) is 7.21. The van der Waals surface area contributed by atoms with E-state index < -0.39 is 17.5 Å². The number of carbonyl (C=O) groups excluding carboxylic acids is 2. The van der Waals surface area contributed by atoms with Crippen molar-refractivity contribution in [3.8, 4) is 17.2 Å². The predicted octanol–water partition coefficient (Wildman–Crippen LogP) is 3.19. The Balaban J connectivity index is 1.39. The summed E-state index contributed by atoms with van der Waals surface area (Å²) in [7, 11) is 0. The van der Waals surface area contributed by atoms with Gasteiger partial charge in [-0.1, -0.05) is 24.3 Å². The van der Waals surface area contributed by atoms with Crippen LogP contribution >= 0.6 is 0 Å². The standard InChI is InChI=1S/C30H28FN5O5/c31-24-8-5-18-13-25(24)41-22-6-7-23-19(15-22)9-11-36(28(38)17-26-33-30(39)35-34-26)29(23)20-3-1-4-21(16-20)40-12-2-10-32-27(37)14-18/h1,3-8,13,15-16,29H,2,9-12,14,17H2,(H,32,37)(H2,33,34,35,39). The van der Waals surface area contributed by atoms with Crippen LogP contribution < -0.4 is 20.5 Å². The molecule has 3 aliphatic heterocycles. The zero-order chi connectivity index (χ0) is 28.3. The number of H-pyrrole nitrogens is 2. The molecule has 7 rings (SSSR count). The van der Waals surface area contributed by atoms with E-state index in [0.29, 0.717) is 49.6 Å². The van der Waals surface area contributed by atoms with Crippen LogP contribution in [0.3, 0.4) is 0 Å². The van der Waals surface area contributed by atoms with Crippen LogP contribution in [0, 0.1) is 5.82 Å². The van der Waals surface area contributed by atoms with Crippen molar-refractivity contribution in [2.75, 3.05) is 19.7 Å². The molecule has 3 aromatic carbocycles. The van der Waals surface area contributed by atoms with Gasteiger partial charge < -0.3 is 19.7 Å². The molecule has 10 nitrogen and oxygen atoms in total.